The number of halogens is 5. The molecule has 1 aromatic heterocycles. The normalized spacial score (nSPS) is 12.8. The molecule has 0 bridgehead atoms. The van der Waals surface area contributed by atoms with Gasteiger partial charge in [-0.2, -0.15) is 18.2 Å². The molecule has 0 aliphatic carbocycles. The van der Waals surface area contributed by atoms with Crippen molar-refractivity contribution in [2.24, 2.45) is 4.99 Å². The minimum Gasteiger partial charge on any atom is -0.330 e. The Morgan fingerprint density at radius 3 is 2.58 bits per heavy atom. The van der Waals surface area contributed by atoms with E-state index in [4.69, 9.17) is 23.2 Å². The second-order valence-electron chi connectivity index (χ2n) is 4.79. The van der Waals surface area contributed by atoms with E-state index in [2.05, 4.69) is 9.98 Å². The maximum Gasteiger partial charge on any atom is 0.416 e. The molecule has 0 atom stereocenters. The number of H-pyrrole nitrogens is 1. The summed E-state index contributed by atoms with van der Waals surface area (Å²) in [6, 6.07) is 7.99. The molecule has 0 aliphatic heterocycles. The minimum atomic E-state index is -4.51. The van der Waals surface area contributed by atoms with Gasteiger partial charge in [-0.25, -0.2) is 0 Å². The second kappa shape index (κ2) is 6.23. The predicted molar refractivity (Wildman–Crippen MR) is 87.5 cm³/mol. The highest BCUT2D eigenvalue weighted by molar-refractivity contribution is 7.17. The Morgan fingerprint density at radius 1 is 1.17 bits per heavy atom. The summed E-state index contributed by atoms with van der Waals surface area (Å²) in [5.74, 6) is -0.563. The van der Waals surface area contributed by atoms with Crippen molar-refractivity contribution in [2.45, 2.75) is 6.18 Å². The van der Waals surface area contributed by atoms with Gasteiger partial charge in [-0.3, -0.25) is 4.79 Å². The topological polar surface area (TPSA) is 45.2 Å². The van der Waals surface area contributed by atoms with Crippen LogP contribution in [0.3, 0.4) is 0 Å². The number of fused-ring (bicyclic) bond motifs is 1. The highest BCUT2D eigenvalue weighted by Crippen LogP contribution is 2.35. The van der Waals surface area contributed by atoms with Crippen LogP contribution in [0.5, 0.6) is 0 Å². The number of carbonyl (C=O) groups excluding carboxylic acids is 1. The number of aromatic nitrogens is 1. The number of nitrogens with zero attached hydrogens (tertiary/aromatic N) is 1. The first-order valence-electron chi connectivity index (χ1n) is 6.48. The van der Waals surface area contributed by atoms with Gasteiger partial charge in [0.05, 0.1) is 20.8 Å². The van der Waals surface area contributed by atoms with Gasteiger partial charge in [-0.1, -0.05) is 40.6 Å². The number of hydrogen-bond acceptors (Lipinski definition) is 2. The van der Waals surface area contributed by atoms with Gasteiger partial charge >= 0.3 is 6.18 Å². The number of alkyl halides is 3. The van der Waals surface area contributed by atoms with Crippen LogP contribution in [0.4, 0.5) is 13.2 Å². The van der Waals surface area contributed by atoms with E-state index >= 15 is 0 Å². The molecular weight excluding hydrogens is 384 g/mol. The van der Waals surface area contributed by atoms with Gasteiger partial charge in [0.25, 0.3) is 5.91 Å². The first kappa shape index (κ1) is 17.0. The van der Waals surface area contributed by atoms with E-state index in [0.29, 0.717) is 9.72 Å². The molecule has 9 heteroatoms. The third-order valence-electron chi connectivity index (χ3n) is 3.09. The summed E-state index contributed by atoms with van der Waals surface area (Å²) in [4.78, 5) is 18.8. The van der Waals surface area contributed by atoms with Crippen LogP contribution in [-0.4, -0.2) is 10.9 Å². The van der Waals surface area contributed by atoms with Crippen molar-refractivity contribution < 1.29 is 18.0 Å². The summed E-state index contributed by atoms with van der Waals surface area (Å²) in [7, 11) is 0. The van der Waals surface area contributed by atoms with E-state index in [1.165, 1.54) is 6.07 Å². The summed E-state index contributed by atoms with van der Waals surface area (Å²) >= 11 is 12.7. The first-order valence-corrected chi connectivity index (χ1v) is 8.05. The molecule has 0 radical (unpaired) electrons. The number of carbonyl (C=O) groups is 1. The van der Waals surface area contributed by atoms with Crippen molar-refractivity contribution in [3.05, 3.63) is 62.4 Å². The predicted octanol–water partition coefficient (Wildman–Crippen LogP) is 5.30. The molecule has 2 aromatic carbocycles. The monoisotopic (exact) mass is 390 g/mol. The van der Waals surface area contributed by atoms with Gasteiger partial charge in [0.1, 0.15) is 0 Å². The lowest BCUT2D eigenvalue weighted by Crippen LogP contribution is -2.05. The van der Waals surface area contributed by atoms with Crippen molar-refractivity contribution in [3.8, 4) is 0 Å². The fourth-order valence-electron chi connectivity index (χ4n) is 2.02. The zero-order valence-corrected chi connectivity index (χ0v) is 13.9. The van der Waals surface area contributed by atoms with Crippen LogP contribution < -0.4 is 4.80 Å². The Labute approximate surface area is 147 Å². The third kappa shape index (κ3) is 3.48. The average Bonchev–Trinajstić information content (AvgIpc) is 2.89. The molecule has 24 heavy (non-hydrogen) atoms. The molecule has 0 saturated carbocycles. The molecule has 1 amide bonds. The molecule has 3 nitrogen and oxygen atoms in total. The Balaban J connectivity index is 2.07. The Hall–Kier alpha value is -1.83. The van der Waals surface area contributed by atoms with Crippen molar-refractivity contribution in [2.75, 3.05) is 0 Å². The Morgan fingerprint density at radius 2 is 1.92 bits per heavy atom. The van der Waals surface area contributed by atoms with Crippen LogP contribution in [0.2, 0.25) is 10.0 Å². The smallest absolute Gasteiger partial charge is 0.330 e. The highest BCUT2D eigenvalue weighted by Gasteiger charge is 2.31. The second-order valence-corrected chi connectivity index (χ2v) is 6.63. The van der Waals surface area contributed by atoms with Crippen LogP contribution in [0.15, 0.2) is 41.4 Å². The van der Waals surface area contributed by atoms with E-state index in [1.807, 2.05) is 0 Å². The number of aromatic amines is 1. The quantitative estimate of drug-likeness (QED) is 0.602. The number of nitrogens with one attached hydrogen (secondary N) is 1. The van der Waals surface area contributed by atoms with E-state index in [1.54, 1.807) is 18.2 Å². The molecule has 3 rings (SSSR count). The number of amides is 1. The van der Waals surface area contributed by atoms with Crippen LogP contribution in [-0.2, 0) is 6.18 Å². The van der Waals surface area contributed by atoms with Crippen molar-refractivity contribution in [1.82, 2.24) is 4.98 Å². The van der Waals surface area contributed by atoms with Crippen molar-refractivity contribution in [3.63, 3.8) is 0 Å². The Kier molecular flexibility index (Phi) is 4.42. The number of benzene rings is 2. The summed E-state index contributed by atoms with van der Waals surface area (Å²) in [6.45, 7) is 0. The molecule has 3 aromatic rings. The molecule has 1 heterocycles. The maximum atomic E-state index is 12.8. The van der Waals surface area contributed by atoms with Gasteiger partial charge in [-0.15, -0.1) is 0 Å². The van der Waals surface area contributed by atoms with Gasteiger partial charge in [0.15, 0.2) is 4.80 Å². The fraction of sp³-hybridized carbons (Fsp3) is 0.0667. The number of rotatable bonds is 1. The summed E-state index contributed by atoms with van der Waals surface area (Å²) in [6.07, 6.45) is -4.51. The van der Waals surface area contributed by atoms with Gasteiger partial charge in [0.2, 0.25) is 0 Å². The minimum absolute atomic E-state index is 0.0577. The molecule has 0 unspecified atom stereocenters. The SMILES string of the molecule is O=C(/N=c1/[nH]c2cc(C(F)(F)F)cc(Cl)c2s1)c1cccc(Cl)c1. The van der Waals surface area contributed by atoms with Crippen LogP contribution in [0.1, 0.15) is 15.9 Å². The lowest BCUT2D eigenvalue weighted by Gasteiger charge is -2.06. The molecular formula is C15H7Cl2F3N2OS. The third-order valence-corrected chi connectivity index (χ3v) is 4.76. The summed E-state index contributed by atoms with van der Waals surface area (Å²) in [5, 5.41) is 0.326. The molecule has 0 saturated heterocycles. The van der Waals surface area contributed by atoms with E-state index < -0.39 is 17.6 Å². The average molecular weight is 391 g/mol. The molecule has 0 spiro atoms. The van der Waals surface area contributed by atoms with Crippen LogP contribution in [0, 0.1) is 0 Å². The van der Waals surface area contributed by atoms with Gasteiger partial charge in [0, 0.05) is 10.6 Å². The maximum absolute atomic E-state index is 12.8. The highest BCUT2D eigenvalue weighted by atomic mass is 35.5. The summed E-state index contributed by atoms with van der Waals surface area (Å²) < 4.78 is 38.8. The van der Waals surface area contributed by atoms with Crippen LogP contribution >= 0.6 is 34.5 Å². The van der Waals surface area contributed by atoms with E-state index in [-0.39, 0.29) is 20.9 Å². The van der Waals surface area contributed by atoms with E-state index in [0.717, 1.165) is 23.5 Å². The standard InChI is InChI=1S/C15H7Cl2F3N2OS/c16-9-3-1-2-7(4-9)13(23)22-14-21-11-6-8(15(18,19)20)5-10(17)12(11)24-14/h1-6H,(H,21,22,23). The lowest BCUT2D eigenvalue weighted by molar-refractivity contribution is -0.137. The fourth-order valence-corrected chi connectivity index (χ4v) is 3.40. The Bertz CT molecular complexity index is 1010. The molecule has 1 N–H and O–H groups in total. The zero-order valence-electron chi connectivity index (χ0n) is 11.6. The molecule has 0 fully saturated rings. The number of hydrogen-bond donors (Lipinski definition) is 1. The van der Waals surface area contributed by atoms with Gasteiger partial charge in [-0.05, 0) is 30.3 Å². The first-order chi connectivity index (χ1) is 11.2. The number of thiazole rings is 1. The van der Waals surface area contributed by atoms with Crippen LogP contribution in [0.25, 0.3) is 10.2 Å². The lowest BCUT2D eigenvalue weighted by atomic mass is 10.2. The molecule has 124 valence electrons. The summed E-state index contributed by atoms with van der Waals surface area (Å²) in [5.41, 5.74) is -0.435. The van der Waals surface area contributed by atoms with Crippen molar-refractivity contribution in [1.29, 1.82) is 0 Å². The largest absolute Gasteiger partial charge is 0.416 e. The van der Waals surface area contributed by atoms with Gasteiger partial charge < -0.3 is 4.98 Å². The van der Waals surface area contributed by atoms with E-state index in [9.17, 15) is 18.0 Å². The molecule has 0 aliphatic rings. The zero-order chi connectivity index (χ0) is 17.5. The van der Waals surface area contributed by atoms with Crippen molar-refractivity contribution >= 4 is 50.7 Å².